The van der Waals surface area contributed by atoms with Crippen LogP contribution in [-0.2, 0) is 14.3 Å². The van der Waals surface area contributed by atoms with E-state index in [9.17, 15) is 15.0 Å². The average molecular weight is 759 g/mol. The van der Waals surface area contributed by atoms with Crippen molar-refractivity contribution in [3.63, 3.8) is 0 Å². The zero-order valence-electron chi connectivity index (χ0n) is 37.5. The first kappa shape index (κ1) is 46.0. The Balaban J connectivity index is 1.24. The predicted octanol–water partition coefficient (Wildman–Crippen LogP) is 13.2. The van der Waals surface area contributed by atoms with Crippen molar-refractivity contribution in [2.45, 2.75) is 253 Å². The van der Waals surface area contributed by atoms with Crippen molar-refractivity contribution in [3.8, 4) is 0 Å². The Labute approximate surface area is 334 Å². The number of carbonyl (C=O) groups is 1. The van der Waals surface area contributed by atoms with Crippen LogP contribution in [0.5, 0.6) is 0 Å². The standard InChI is InChI=1S/C49H90O5/c1-11-12-13-14-15-16-17-18-19-20-21-22-23-24-25-27-42(51)54-41-30-33-46(6)39(45(41,4)5)29-35-47(7)40(46)36-38(50)43-37(28-34-48(43,47)8)49(9,52)32-26-31-44(2,3)53-10/h37-41,43,50,52H,11-36H2,1-10H3/t37-,38+,39-,40+,41-,43-,46-,47+,48+,49+/m0/s1. The molecule has 4 rings (SSSR count). The van der Waals surface area contributed by atoms with E-state index in [0.717, 1.165) is 77.0 Å². The molecular formula is C49H90O5. The summed E-state index contributed by atoms with van der Waals surface area (Å²) in [5.74, 6) is 1.11. The number of hydrogen-bond acceptors (Lipinski definition) is 5. The van der Waals surface area contributed by atoms with Crippen LogP contribution in [0.25, 0.3) is 0 Å². The molecule has 54 heavy (non-hydrogen) atoms. The Kier molecular flexibility index (Phi) is 16.5. The molecule has 0 spiro atoms. The number of unbranched alkanes of at least 4 members (excludes halogenated alkanes) is 14. The molecule has 4 aliphatic carbocycles. The van der Waals surface area contributed by atoms with E-state index in [0.29, 0.717) is 18.3 Å². The van der Waals surface area contributed by atoms with Crippen LogP contribution in [0.15, 0.2) is 0 Å². The number of aliphatic hydroxyl groups is 2. The van der Waals surface area contributed by atoms with Gasteiger partial charge in [0.2, 0.25) is 0 Å². The van der Waals surface area contributed by atoms with E-state index in [2.05, 4.69) is 55.4 Å². The predicted molar refractivity (Wildman–Crippen MR) is 225 cm³/mol. The number of aliphatic hydroxyl groups excluding tert-OH is 1. The summed E-state index contributed by atoms with van der Waals surface area (Å²) in [6.07, 6.45) is 29.8. The molecule has 4 fully saturated rings. The Morgan fingerprint density at radius 3 is 1.78 bits per heavy atom. The van der Waals surface area contributed by atoms with Crippen LogP contribution in [0.2, 0.25) is 0 Å². The first-order valence-electron chi connectivity index (χ1n) is 23.5. The normalized spacial score (nSPS) is 35.9. The molecule has 316 valence electrons. The third-order valence-corrected chi connectivity index (χ3v) is 17.4. The summed E-state index contributed by atoms with van der Waals surface area (Å²) in [7, 11) is 1.77. The van der Waals surface area contributed by atoms with E-state index in [1.54, 1.807) is 7.11 Å². The minimum Gasteiger partial charge on any atom is -0.462 e. The Hall–Kier alpha value is -0.650. The summed E-state index contributed by atoms with van der Waals surface area (Å²) >= 11 is 0. The second-order valence-electron chi connectivity index (χ2n) is 21.7. The summed E-state index contributed by atoms with van der Waals surface area (Å²) in [5.41, 5.74) is -0.888. The van der Waals surface area contributed by atoms with Crippen LogP contribution in [0.3, 0.4) is 0 Å². The van der Waals surface area contributed by atoms with Crippen molar-refractivity contribution >= 4 is 5.97 Å². The fourth-order valence-corrected chi connectivity index (χ4v) is 13.7. The lowest BCUT2D eigenvalue weighted by Crippen LogP contribution is -2.66. The molecule has 0 aromatic heterocycles. The second-order valence-corrected chi connectivity index (χ2v) is 21.7. The van der Waals surface area contributed by atoms with Gasteiger partial charge in [0.1, 0.15) is 6.10 Å². The quantitative estimate of drug-likeness (QED) is 0.0801. The number of fused-ring (bicyclic) bond motifs is 5. The van der Waals surface area contributed by atoms with E-state index in [-0.39, 0.29) is 51.2 Å². The Morgan fingerprint density at radius 1 is 0.685 bits per heavy atom. The third kappa shape index (κ3) is 10.3. The zero-order valence-corrected chi connectivity index (χ0v) is 37.5. The largest absolute Gasteiger partial charge is 0.462 e. The summed E-state index contributed by atoms with van der Waals surface area (Å²) in [6, 6.07) is 0. The molecule has 4 aliphatic rings. The van der Waals surface area contributed by atoms with Crippen molar-refractivity contribution in [2.75, 3.05) is 7.11 Å². The Morgan fingerprint density at radius 2 is 1.22 bits per heavy atom. The highest BCUT2D eigenvalue weighted by molar-refractivity contribution is 5.69. The summed E-state index contributed by atoms with van der Waals surface area (Å²) < 4.78 is 12.0. The average Bonchev–Trinajstić information content (AvgIpc) is 3.49. The van der Waals surface area contributed by atoms with Crippen LogP contribution in [0, 0.1) is 45.3 Å². The molecule has 0 aromatic carbocycles. The van der Waals surface area contributed by atoms with Gasteiger partial charge in [0.15, 0.2) is 0 Å². The smallest absolute Gasteiger partial charge is 0.306 e. The number of methoxy groups -OCH3 is 1. The van der Waals surface area contributed by atoms with Crippen molar-refractivity contribution in [3.05, 3.63) is 0 Å². The highest BCUT2D eigenvalue weighted by atomic mass is 16.5. The Bertz CT molecular complexity index is 1140. The van der Waals surface area contributed by atoms with E-state index in [1.165, 1.54) is 83.5 Å². The summed E-state index contributed by atoms with van der Waals surface area (Å²) in [6.45, 7) is 20.9. The highest BCUT2D eigenvalue weighted by Crippen LogP contribution is 2.76. The lowest BCUT2D eigenvalue weighted by molar-refractivity contribution is -0.249. The maximum absolute atomic E-state index is 13.2. The summed E-state index contributed by atoms with van der Waals surface area (Å²) in [4.78, 5) is 13.2. The van der Waals surface area contributed by atoms with Gasteiger partial charge in [-0.3, -0.25) is 4.79 Å². The van der Waals surface area contributed by atoms with Crippen molar-refractivity contribution in [1.82, 2.24) is 0 Å². The molecule has 0 amide bonds. The molecule has 0 radical (unpaired) electrons. The van der Waals surface area contributed by atoms with Crippen LogP contribution in [0.4, 0.5) is 0 Å². The fraction of sp³-hybridized carbons (Fsp3) is 0.980. The summed E-state index contributed by atoms with van der Waals surface area (Å²) in [5, 5.41) is 24.2. The van der Waals surface area contributed by atoms with Gasteiger partial charge in [-0.1, -0.05) is 131 Å². The molecule has 5 nitrogen and oxygen atoms in total. The van der Waals surface area contributed by atoms with E-state index in [1.807, 2.05) is 6.92 Å². The number of ether oxygens (including phenoxy) is 2. The topological polar surface area (TPSA) is 76.0 Å². The number of esters is 1. The SMILES string of the molecule is CCCCCCCCCCCCCCCCCC(=O)O[C@H]1CC[C@]2(C)[C@H]3C[C@@H](O)[C@@H]4[C@@H]([C@](C)(O)CCCC(C)(C)OC)CC[C@@]4(C)[C@]3(C)CC[C@H]2C1(C)C. The lowest BCUT2D eigenvalue weighted by Gasteiger charge is -2.70. The molecule has 0 unspecified atom stereocenters. The zero-order chi connectivity index (χ0) is 39.8. The highest BCUT2D eigenvalue weighted by Gasteiger charge is 2.71. The molecule has 2 N–H and O–H groups in total. The number of carbonyl (C=O) groups excluding carboxylic acids is 1. The number of rotatable bonds is 23. The van der Waals surface area contributed by atoms with Crippen LogP contribution in [0.1, 0.15) is 229 Å². The number of hydrogen-bond donors (Lipinski definition) is 2. The van der Waals surface area contributed by atoms with Gasteiger partial charge in [-0.25, -0.2) is 0 Å². The minimum absolute atomic E-state index is 0.00490. The molecule has 0 bridgehead atoms. The van der Waals surface area contributed by atoms with E-state index in [4.69, 9.17) is 9.47 Å². The van der Waals surface area contributed by atoms with Gasteiger partial charge in [-0.15, -0.1) is 0 Å². The van der Waals surface area contributed by atoms with E-state index >= 15 is 0 Å². The van der Waals surface area contributed by atoms with Gasteiger partial charge in [0.25, 0.3) is 0 Å². The first-order valence-corrected chi connectivity index (χ1v) is 23.5. The molecule has 5 heteroatoms. The minimum atomic E-state index is -0.798. The molecule has 0 aliphatic heterocycles. The van der Waals surface area contributed by atoms with Crippen molar-refractivity contribution in [2.24, 2.45) is 45.3 Å². The lowest BCUT2D eigenvalue weighted by atomic mass is 9.35. The molecule has 0 aromatic rings. The van der Waals surface area contributed by atoms with Crippen LogP contribution in [-0.4, -0.2) is 46.7 Å². The first-order chi connectivity index (χ1) is 25.4. The van der Waals surface area contributed by atoms with Gasteiger partial charge in [0.05, 0.1) is 17.3 Å². The van der Waals surface area contributed by atoms with Gasteiger partial charge in [-0.2, -0.15) is 0 Å². The maximum Gasteiger partial charge on any atom is 0.306 e. The van der Waals surface area contributed by atoms with Crippen molar-refractivity contribution in [1.29, 1.82) is 0 Å². The molecule has 4 saturated carbocycles. The monoisotopic (exact) mass is 759 g/mol. The van der Waals surface area contributed by atoms with Gasteiger partial charge in [-0.05, 0) is 131 Å². The molecule has 0 saturated heterocycles. The molecule has 0 heterocycles. The third-order valence-electron chi connectivity index (χ3n) is 17.4. The van der Waals surface area contributed by atoms with Crippen LogP contribution >= 0.6 is 0 Å². The molecular weight excluding hydrogens is 669 g/mol. The van der Waals surface area contributed by atoms with Gasteiger partial charge in [0, 0.05) is 18.9 Å². The molecule has 10 atom stereocenters. The van der Waals surface area contributed by atoms with Crippen LogP contribution < -0.4 is 0 Å². The van der Waals surface area contributed by atoms with Gasteiger partial charge >= 0.3 is 5.97 Å². The maximum atomic E-state index is 13.2. The van der Waals surface area contributed by atoms with E-state index < -0.39 is 11.7 Å². The fourth-order valence-electron chi connectivity index (χ4n) is 13.7. The van der Waals surface area contributed by atoms with Crippen molar-refractivity contribution < 1.29 is 24.5 Å². The van der Waals surface area contributed by atoms with Gasteiger partial charge < -0.3 is 19.7 Å². The second kappa shape index (κ2) is 19.4.